The minimum absolute atomic E-state index is 0.0105. The molecule has 4 rings (SSSR count). The van der Waals surface area contributed by atoms with Crippen LogP contribution in [-0.4, -0.2) is 36.6 Å². The Bertz CT molecular complexity index is 1400. The Morgan fingerprint density at radius 2 is 1.83 bits per heavy atom. The Morgan fingerprint density at radius 3 is 2.54 bits per heavy atom. The third kappa shape index (κ3) is 5.92. The number of ether oxygens (including phenoxy) is 3. The lowest BCUT2D eigenvalue weighted by atomic mass is 10.2. The molecule has 0 unspecified atom stereocenters. The Hall–Kier alpha value is -4.44. The molecule has 1 heterocycles. The molecule has 0 aliphatic carbocycles. The van der Waals surface area contributed by atoms with Gasteiger partial charge in [-0.1, -0.05) is 12.1 Å². The molecule has 178 valence electrons. The van der Waals surface area contributed by atoms with Gasteiger partial charge in [-0.25, -0.2) is 4.98 Å². The number of amides is 1. The summed E-state index contributed by atoms with van der Waals surface area (Å²) in [6.07, 6.45) is 3.68. The lowest BCUT2D eigenvalue weighted by Gasteiger charge is -2.11. The van der Waals surface area contributed by atoms with Crippen molar-refractivity contribution in [3.63, 3.8) is 0 Å². The molecule has 1 amide bonds. The zero-order chi connectivity index (χ0) is 24.8. The van der Waals surface area contributed by atoms with Crippen molar-refractivity contribution in [3.05, 3.63) is 81.3 Å². The standard InChI is InChI=1S/C25H21N3O6S/c1-32-19-8-5-17(6-9-19)26-24(29)15-34-21-10-3-16(13-22(21)33-2)4-12-25-27-20-14-18(28(30)31)7-11-23(20)35-25/h3-14H,15H2,1-2H3,(H,26,29)/b12-4+. The number of anilines is 1. The van der Waals surface area contributed by atoms with Gasteiger partial charge in [-0.3, -0.25) is 14.9 Å². The molecular formula is C25H21N3O6S. The number of fused-ring (bicyclic) bond motifs is 1. The number of nitrogens with zero attached hydrogens (tertiary/aromatic N) is 2. The minimum Gasteiger partial charge on any atom is -0.497 e. The van der Waals surface area contributed by atoms with E-state index in [1.807, 2.05) is 18.2 Å². The van der Waals surface area contributed by atoms with E-state index in [0.717, 1.165) is 15.3 Å². The van der Waals surface area contributed by atoms with E-state index in [1.54, 1.807) is 49.6 Å². The molecule has 4 aromatic rings. The molecular weight excluding hydrogens is 470 g/mol. The Morgan fingerprint density at radius 1 is 1.03 bits per heavy atom. The van der Waals surface area contributed by atoms with Crippen molar-refractivity contribution < 1.29 is 23.9 Å². The van der Waals surface area contributed by atoms with Crippen LogP contribution in [0.1, 0.15) is 10.6 Å². The fraction of sp³-hybridized carbons (Fsp3) is 0.120. The van der Waals surface area contributed by atoms with Crippen molar-refractivity contribution in [2.75, 3.05) is 26.1 Å². The van der Waals surface area contributed by atoms with E-state index in [9.17, 15) is 14.9 Å². The van der Waals surface area contributed by atoms with Crippen molar-refractivity contribution in [1.29, 1.82) is 0 Å². The summed E-state index contributed by atoms with van der Waals surface area (Å²) in [7, 11) is 3.10. The predicted octanol–water partition coefficient (Wildman–Crippen LogP) is 5.41. The second kappa shape index (κ2) is 10.7. The fourth-order valence-corrected chi connectivity index (χ4v) is 4.06. The first-order chi connectivity index (χ1) is 16.9. The number of nitrogens with one attached hydrogen (secondary N) is 1. The second-order valence-electron chi connectivity index (χ2n) is 7.27. The first kappa shape index (κ1) is 23.7. The van der Waals surface area contributed by atoms with Crippen LogP contribution in [0.15, 0.2) is 60.7 Å². The van der Waals surface area contributed by atoms with Crippen molar-refractivity contribution >= 4 is 51.0 Å². The summed E-state index contributed by atoms with van der Waals surface area (Å²) in [5.41, 5.74) is 2.06. The van der Waals surface area contributed by atoms with E-state index < -0.39 is 4.92 Å². The van der Waals surface area contributed by atoms with Crippen LogP contribution in [-0.2, 0) is 4.79 Å². The van der Waals surface area contributed by atoms with E-state index in [2.05, 4.69) is 10.3 Å². The average Bonchev–Trinajstić information content (AvgIpc) is 3.29. The highest BCUT2D eigenvalue weighted by Crippen LogP contribution is 2.30. The van der Waals surface area contributed by atoms with Gasteiger partial charge in [-0.05, 0) is 54.1 Å². The molecule has 9 nitrogen and oxygen atoms in total. The summed E-state index contributed by atoms with van der Waals surface area (Å²) in [6.45, 7) is -0.185. The summed E-state index contributed by atoms with van der Waals surface area (Å²) < 4.78 is 17.0. The number of nitro benzene ring substituents is 1. The number of carbonyl (C=O) groups excluding carboxylic acids is 1. The number of thiazole rings is 1. The zero-order valence-corrected chi connectivity index (χ0v) is 19.7. The molecule has 0 aliphatic rings. The fourth-order valence-electron chi connectivity index (χ4n) is 3.21. The van der Waals surface area contributed by atoms with E-state index in [0.29, 0.717) is 28.5 Å². The van der Waals surface area contributed by atoms with Gasteiger partial charge in [0, 0.05) is 17.8 Å². The Kier molecular flexibility index (Phi) is 7.22. The Balaban J connectivity index is 1.40. The van der Waals surface area contributed by atoms with Crippen molar-refractivity contribution in [2.45, 2.75) is 0 Å². The second-order valence-corrected chi connectivity index (χ2v) is 8.33. The SMILES string of the molecule is COc1ccc(NC(=O)COc2ccc(/C=C/c3nc4cc([N+](=O)[O-])ccc4s3)cc2OC)cc1. The maximum Gasteiger partial charge on any atom is 0.271 e. The molecule has 35 heavy (non-hydrogen) atoms. The quantitative estimate of drug-likeness (QED) is 0.246. The van der Waals surface area contributed by atoms with Crippen LogP contribution in [0.25, 0.3) is 22.4 Å². The number of aromatic nitrogens is 1. The third-order valence-corrected chi connectivity index (χ3v) is 5.94. The molecule has 0 spiro atoms. The molecule has 1 aromatic heterocycles. The van der Waals surface area contributed by atoms with Gasteiger partial charge in [0.15, 0.2) is 18.1 Å². The molecule has 0 fully saturated rings. The third-order valence-electron chi connectivity index (χ3n) is 4.94. The Labute approximate surface area is 204 Å². The highest BCUT2D eigenvalue weighted by Gasteiger charge is 2.11. The molecule has 1 N–H and O–H groups in total. The van der Waals surface area contributed by atoms with Gasteiger partial charge in [0.25, 0.3) is 11.6 Å². The number of hydrogen-bond acceptors (Lipinski definition) is 8. The molecule has 0 saturated heterocycles. The maximum absolute atomic E-state index is 12.2. The number of methoxy groups -OCH3 is 2. The highest BCUT2D eigenvalue weighted by molar-refractivity contribution is 7.19. The van der Waals surface area contributed by atoms with Gasteiger partial charge in [0.2, 0.25) is 0 Å². The van der Waals surface area contributed by atoms with Crippen LogP contribution in [0.5, 0.6) is 17.2 Å². The molecule has 3 aromatic carbocycles. The number of benzene rings is 3. The smallest absolute Gasteiger partial charge is 0.271 e. The highest BCUT2D eigenvalue weighted by atomic mass is 32.1. The number of rotatable bonds is 9. The predicted molar refractivity (Wildman–Crippen MR) is 135 cm³/mol. The van der Waals surface area contributed by atoms with Crippen LogP contribution < -0.4 is 19.5 Å². The molecule has 0 aliphatic heterocycles. The molecule has 0 atom stereocenters. The van der Waals surface area contributed by atoms with Gasteiger partial charge in [-0.15, -0.1) is 11.3 Å². The van der Waals surface area contributed by atoms with E-state index in [-0.39, 0.29) is 18.2 Å². The van der Waals surface area contributed by atoms with Crippen LogP contribution in [0, 0.1) is 10.1 Å². The lowest BCUT2D eigenvalue weighted by molar-refractivity contribution is -0.384. The van der Waals surface area contributed by atoms with Crippen molar-refractivity contribution in [2.24, 2.45) is 0 Å². The van der Waals surface area contributed by atoms with Gasteiger partial charge in [0.05, 0.1) is 29.4 Å². The molecule has 0 radical (unpaired) electrons. The van der Waals surface area contributed by atoms with Gasteiger partial charge < -0.3 is 19.5 Å². The lowest BCUT2D eigenvalue weighted by Crippen LogP contribution is -2.20. The monoisotopic (exact) mass is 491 g/mol. The summed E-state index contributed by atoms with van der Waals surface area (Å²) >= 11 is 1.44. The van der Waals surface area contributed by atoms with Gasteiger partial charge in [0.1, 0.15) is 10.8 Å². The number of carbonyl (C=O) groups is 1. The number of hydrogen-bond donors (Lipinski definition) is 1. The summed E-state index contributed by atoms with van der Waals surface area (Å²) in [5.74, 6) is 1.30. The molecule has 0 bridgehead atoms. The van der Waals surface area contributed by atoms with Crippen LogP contribution in [0.2, 0.25) is 0 Å². The first-order valence-corrected chi connectivity index (χ1v) is 11.2. The topological polar surface area (TPSA) is 113 Å². The normalized spacial score (nSPS) is 10.9. The van der Waals surface area contributed by atoms with Crippen LogP contribution in [0.4, 0.5) is 11.4 Å². The van der Waals surface area contributed by atoms with Crippen molar-refractivity contribution in [3.8, 4) is 17.2 Å². The number of nitro groups is 1. The number of non-ortho nitro benzene ring substituents is 1. The summed E-state index contributed by atoms with van der Waals surface area (Å²) in [5, 5.41) is 14.4. The molecule has 0 saturated carbocycles. The van der Waals surface area contributed by atoms with Crippen molar-refractivity contribution in [1.82, 2.24) is 4.98 Å². The largest absolute Gasteiger partial charge is 0.497 e. The van der Waals surface area contributed by atoms with Crippen LogP contribution >= 0.6 is 11.3 Å². The summed E-state index contributed by atoms with van der Waals surface area (Å²) in [4.78, 5) is 27.2. The zero-order valence-electron chi connectivity index (χ0n) is 18.9. The first-order valence-electron chi connectivity index (χ1n) is 10.4. The van der Waals surface area contributed by atoms with Crippen LogP contribution in [0.3, 0.4) is 0 Å². The van der Waals surface area contributed by atoms with Gasteiger partial charge >= 0.3 is 0 Å². The minimum atomic E-state index is -0.438. The van der Waals surface area contributed by atoms with E-state index in [1.165, 1.54) is 30.6 Å². The van der Waals surface area contributed by atoms with E-state index in [4.69, 9.17) is 14.2 Å². The van der Waals surface area contributed by atoms with Gasteiger partial charge in [-0.2, -0.15) is 0 Å². The maximum atomic E-state index is 12.2. The average molecular weight is 492 g/mol. The summed E-state index contributed by atoms with van der Waals surface area (Å²) in [6, 6.07) is 16.9. The van der Waals surface area contributed by atoms with E-state index >= 15 is 0 Å². The molecule has 10 heteroatoms.